The van der Waals surface area contributed by atoms with E-state index in [1.807, 2.05) is 0 Å². The zero-order valence-corrected chi connectivity index (χ0v) is 22.4. The number of nitrogens with one attached hydrogen (secondary N) is 1. The van der Waals surface area contributed by atoms with Crippen molar-refractivity contribution in [2.45, 2.75) is 25.2 Å². The minimum absolute atomic E-state index is 0.110. The fraction of sp³-hybridized carbons (Fsp3) is 0.214. The number of anilines is 1. The number of aliphatic imine (C=N–C) groups is 1. The van der Waals surface area contributed by atoms with Gasteiger partial charge in [0.05, 0.1) is 18.1 Å². The second-order valence-electron chi connectivity index (χ2n) is 9.13. The SMILES string of the molecule is COc1ccc(NC(=O)c2ccc3c(c2)nc(-c2cccc(OC(F)(F)F)c2)n3[C@H](CCCN=C(N)N)C(N)=O)cc1. The van der Waals surface area contributed by atoms with E-state index in [1.54, 1.807) is 36.4 Å². The van der Waals surface area contributed by atoms with Crippen molar-refractivity contribution in [3.8, 4) is 22.9 Å². The van der Waals surface area contributed by atoms with Gasteiger partial charge in [-0.25, -0.2) is 4.98 Å². The van der Waals surface area contributed by atoms with Gasteiger partial charge in [-0.1, -0.05) is 12.1 Å². The molecular weight excluding hydrogens is 555 g/mol. The first kappa shape index (κ1) is 29.7. The summed E-state index contributed by atoms with van der Waals surface area (Å²) in [7, 11) is 1.53. The number of nitrogens with two attached hydrogens (primary N) is 3. The van der Waals surface area contributed by atoms with Crippen molar-refractivity contribution in [2.24, 2.45) is 22.2 Å². The van der Waals surface area contributed by atoms with Crippen LogP contribution in [-0.4, -0.2) is 47.3 Å². The molecule has 0 aliphatic rings. The zero-order valence-electron chi connectivity index (χ0n) is 22.4. The van der Waals surface area contributed by atoms with Gasteiger partial charge in [0.15, 0.2) is 5.96 Å². The Balaban J connectivity index is 1.77. The fourth-order valence-corrected chi connectivity index (χ4v) is 4.36. The second-order valence-corrected chi connectivity index (χ2v) is 9.13. The maximum atomic E-state index is 13.0. The molecule has 1 heterocycles. The van der Waals surface area contributed by atoms with Gasteiger partial charge in [-0.05, 0) is 67.4 Å². The number of carbonyl (C=O) groups excluding carboxylic acids is 2. The number of ether oxygens (including phenoxy) is 2. The average Bonchev–Trinajstić information content (AvgIpc) is 3.31. The Morgan fingerprint density at radius 3 is 2.40 bits per heavy atom. The molecule has 0 bridgehead atoms. The number of nitrogens with zero attached hydrogens (tertiary/aromatic N) is 3. The van der Waals surface area contributed by atoms with Gasteiger partial charge in [0.2, 0.25) is 5.91 Å². The fourth-order valence-electron chi connectivity index (χ4n) is 4.36. The van der Waals surface area contributed by atoms with Crippen molar-refractivity contribution >= 4 is 34.5 Å². The van der Waals surface area contributed by atoms with Crippen LogP contribution in [-0.2, 0) is 4.79 Å². The number of amides is 2. The predicted molar refractivity (Wildman–Crippen MR) is 151 cm³/mol. The molecule has 1 aromatic heterocycles. The molecule has 0 spiro atoms. The molecular formula is C28H28F3N7O4. The Labute approximate surface area is 238 Å². The number of rotatable bonds is 11. The number of benzene rings is 3. The Kier molecular flexibility index (Phi) is 8.84. The molecule has 1 atom stereocenters. The standard InChI is InChI=1S/C28H28F3N7O4/c1-41-19-10-8-18(9-11-19)36-26(40)17-7-12-22-21(15-17)37-25(16-4-2-5-20(14-16)42-28(29,30)31)38(22)23(24(32)39)6-3-13-35-27(33)34/h2,4-5,7-12,14-15,23H,3,6,13H2,1H3,(H2,32,39)(H,36,40)(H4,33,34,35)/t23-/m1/s1. The average molecular weight is 584 g/mol. The highest BCUT2D eigenvalue weighted by Gasteiger charge is 2.31. The summed E-state index contributed by atoms with van der Waals surface area (Å²) in [5.74, 6) is -0.940. The number of primary amides is 1. The second kappa shape index (κ2) is 12.5. The highest BCUT2D eigenvalue weighted by atomic mass is 19.4. The number of hydrogen-bond donors (Lipinski definition) is 4. The summed E-state index contributed by atoms with van der Waals surface area (Å²) in [6.07, 6.45) is -4.35. The lowest BCUT2D eigenvalue weighted by Crippen LogP contribution is -2.27. The van der Waals surface area contributed by atoms with Crippen molar-refractivity contribution < 1.29 is 32.2 Å². The van der Waals surface area contributed by atoms with E-state index in [9.17, 15) is 22.8 Å². The Morgan fingerprint density at radius 2 is 1.76 bits per heavy atom. The van der Waals surface area contributed by atoms with Gasteiger partial charge in [-0.2, -0.15) is 0 Å². The number of imidazole rings is 1. The summed E-state index contributed by atoms with van der Waals surface area (Å²) in [6, 6.07) is 15.6. The normalized spacial score (nSPS) is 12.0. The van der Waals surface area contributed by atoms with Crippen LogP contribution in [0.1, 0.15) is 29.2 Å². The molecule has 14 heteroatoms. The summed E-state index contributed by atoms with van der Waals surface area (Å²) >= 11 is 0. The lowest BCUT2D eigenvalue weighted by molar-refractivity contribution is -0.274. The number of guanidine groups is 1. The van der Waals surface area contributed by atoms with Crippen LogP contribution in [0.25, 0.3) is 22.4 Å². The van der Waals surface area contributed by atoms with Crippen molar-refractivity contribution in [3.63, 3.8) is 0 Å². The minimum atomic E-state index is -4.91. The molecule has 0 aliphatic carbocycles. The third-order valence-electron chi connectivity index (χ3n) is 6.20. The lowest BCUT2D eigenvalue weighted by Gasteiger charge is -2.19. The predicted octanol–water partition coefficient (Wildman–Crippen LogP) is 3.94. The number of carbonyl (C=O) groups is 2. The van der Waals surface area contributed by atoms with Gasteiger partial charge in [0.1, 0.15) is 23.4 Å². The van der Waals surface area contributed by atoms with Crippen LogP contribution in [0.5, 0.6) is 11.5 Å². The van der Waals surface area contributed by atoms with E-state index in [-0.39, 0.29) is 35.9 Å². The Bertz CT molecular complexity index is 1610. The van der Waals surface area contributed by atoms with E-state index in [0.29, 0.717) is 28.9 Å². The van der Waals surface area contributed by atoms with Crippen LogP contribution in [0.2, 0.25) is 0 Å². The molecule has 0 saturated carbocycles. The summed E-state index contributed by atoms with van der Waals surface area (Å²) in [5, 5.41) is 2.78. The summed E-state index contributed by atoms with van der Waals surface area (Å²) in [5.41, 5.74) is 18.3. The van der Waals surface area contributed by atoms with Crippen LogP contribution >= 0.6 is 0 Å². The number of methoxy groups -OCH3 is 1. The van der Waals surface area contributed by atoms with Gasteiger partial charge in [0.25, 0.3) is 5.91 Å². The molecule has 0 unspecified atom stereocenters. The first-order valence-corrected chi connectivity index (χ1v) is 12.6. The van der Waals surface area contributed by atoms with E-state index in [1.165, 1.54) is 29.9 Å². The molecule has 4 rings (SSSR count). The summed E-state index contributed by atoms with van der Waals surface area (Å²) in [4.78, 5) is 34.2. The van der Waals surface area contributed by atoms with Crippen LogP contribution in [0.15, 0.2) is 71.7 Å². The lowest BCUT2D eigenvalue weighted by atomic mass is 10.1. The minimum Gasteiger partial charge on any atom is -0.497 e. The summed E-state index contributed by atoms with van der Waals surface area (Å²) < 4.78 is 49.5. The van der Waals surface area contributed by atoms with Crippen molar-refractivity contribution in [1.29, 1.82) is 0 Å². The first-order chi connectivity index (χ1) is 19.9. The quantitative estimate of drug-likeness (QED) is 0.118. The van der Waals surface area contributed by atoms with E-state index < -0.39 is 30.0 Å². The Morgan fingerprint density at radius 1 is 1.02 bits per heavy atom. The van der Waals surface area contributed by atoms with Gasteiger partial charge in [0, 0.05) is 23.4 Å². The van der Waals surface area contributed by atoms with E-state index in [4.69, 9.17) is 21.9 Å². The highest BCUT2D eigenvalue weighted by molar-refractivity contribution is 6.06. The van der Waals surface area contributed by atoms with Gasteiger partial charge in [-0.3, -0.25) is 14.6 Å². The van der Waals surface area contributed by atoms with Crippen molar-refractivity contribution in [2.75, 3.05) is 19.0 Å². The van der Waals surface area contributed by atoms with Crippen molar-refractivity contribution in [3.05, 3.63) is 72.3 Å². The molecule has 0 aliphatic heterocycles. The number of aromatic nitrogens is 2. The third-order valence-corrected chi connectivity index (χ3v) is 6.20. The number of hydrogen-bond acceptors (Lipinski definition) is 6. The van der Waals surface area contributed by atoms with E-state index in [2.05, 4.69) is 20.0 Å². The zero-order chi connectivity index (χ0) is 30.4. The molecule has 0 radical (unpaired) electrons. The van der Waals surface area contributed by atoms with E-state index >= 15 is 0 Å². The maximum Gasteiger partial charge on any atom is 0.573 e. The third kappa shape index (κ3) is 7.27. The molecule has 4 aromatic rings. The topological polar surface area (TPSA) is 173 Å². The van der Waals surface area contributed by atoms with Gasteiger partial charge < -0.3 is 36.6 Å². The monoisotopic (exact) mass is 583 g/mol. The maximum absolute atomic E-state index is 13.0. The van der Waals surface area contributed by atoms with Crippen LogP contribution < -0.4 is 32.0 Å². The smallest absolute Gasteiger partial charge is 0.497 e. The van der Waals surface area contributed by atoms with Crippen LogP contribution in [0, 0.1) is 0 Å². The molecule has 11 nitrogen and oxygen atoms in total. The van der Waals surface area contributed by atoms with Crippen LogP contribution in [0.3, 0.4) is 0 Å². The molecule has 2 amide bonds. The molecule has 220 valence electrons. The molecule has 42 heavy (non-hydrogen) atoms. The molecule has 3 aromatic carbocycles. The number of alkyl halides is 3. The van der Waals surface area contributed by atoms with Gasteiger partial charge in [-0.15, -0.1) is 13.2 Å². The van der Waals surface area contributed by atoms with Crippen molar-refractivity contribution in [1.82, 2.24) is 9.55 Å². The van der Waals surface area contributed by atoms with Gasteiger partial charge >= 0.3 is 6.36 Å². The first-order valence-electron chi connectivity index (χ1n) is 12.6. The van der Waals surface area contributed by atoms with E-state index in [0.717, 1.165) is 12.1 Å². The molecule has 0 fully saturated rings. The Hall–Kier alpha value is -5.27. The highest BCUT2D eigenvalue weighted by Crippen LogP contribution is 2.34. The largest absolute Gasteiger partial charge is 0.573 e. The number of fused-ring (bicyclic) bond motifs is 1. The summed E-state index contributed by atoms with van der Waals surface area (Å²) in [6.45, 7) is 0.221. The van der Waals surface area contributed by atoms with Crippen LogP contribution in [0.4, 0.5) is 18.9 Å². The number of halogens is 3. The molecule has 0 saturated heterocycles. The molecule has 7 N–H and O–H groups in total.